The molecule has 4 aliphatic carbocycles. The van der Waals surface area contributed by atoms with E-state index in [0.717, 1.165) is 12.0 Å². The highest BCUT2D eigenvalue weighted by Gasteiger charge is 2.67. The van der Waals surface area contributed by atoms with Crippen molar-refractivity contribution >= 4 is 29.1 Å². The number of benzene rings is 2. The summed E-state index contributed by atoms with van der Waals surface area (Å²) in [7, 11) is 0. The number of rotatable bonds is 3. The fraction of sp³-hybridized carbons (Fsp3) is 0.320. The lowest BCUT2D eigenvalue weighted by Gasteiger charge is -2.37. The minimum atomic E-state index is -0.264. The molecule has 150 valence electrons. The van der Waals surface area contributed by atoms with Crippen LogP contribution in [-0.4, -0.2) is 17.7 Å². The van der Waals surface area contributed by atoms with Gasteiger partial charge in [-0.25, -0.2) is 4.90 Å². The quantitative estimate of drug-likeness (QED) is 0.632. The summed E-state index contributed by atoms with van der Waals surface area (Å²) in [5.41, 5.74) is 2.73. The number of carbonyl (C=O) groups excluding carboxylic acids is 3. The predicted octanol–water partition coefficient (Wildman–Crippen LogP) is 3.80. The Labute approximate surface area is 174 Å². The van der Waals surface area contributed by atoms with E-state index in [2.05, 4.69) is 17.5 Å². The van der Waals surface area contributed by atoms with E-state index in [1.54, 1.807) is 24.3 Å². The number of anilines is 2. The van der Waals surface area contributed by atoms with Gasteiger partial charge in [-0.05, 0) is 67.3 Å². The summed E-state index contributed by atoms with van der Waals surface area (Å²) < 4.78 is 0. The SMILES string of the molecule is Cc1ccc(NC(=O)c2cccc(N3C(=O)[C@@H]4[C@@H]5C=C[C@H]([C@H]6C[C@H]56)[C@@H]4C3=O)c2)cc1. The molecule has 6 atom stereocenters. The lowest BCUT2D eigenvalue weighted by Crippen LogP contribution is -2.40. The van der Waals surface area contributed by atoms with Gasteiger partial charge < -0.3 is 5.32 Å². The van der Waals surface area contributed by atoms with Gasteiger partial charge in [0.15, 0.2) is 0 Å². The predicted molar refractivity (Wildman–Crippen MR) is 113 cm³/mol. The molecule has 0 radical (unpaired) electrons. The molecule has 2 aromatic rings. The number of nitrogens with zero attached hydrogens (tertiary/aromatic N) is 1. The smallest absolute Gasteiger partial charge is 0.255 e. The average Bonchev–Trinajstić information content (AvgIpc) is 3.53. The highest BCUT2D eigenvalue weighted by Crippen LogP contribution is 2.65. The van der Waals surface area contributed by atoms with Crippen molar-refractivity contribution in [3.8, 4) is 0 Å². The van der Waals surface area contributed by atoms with Crippen LogP contribution in [-0.2, 0) is 9.59 Å². The molecule has 5 nitrogen and oxygen atoms in total. The van der Waals surface area contributed by atoms with E-state index in [1.165, 1.54) is 4.90 Å². The molecular formula is C25H22N2O3. The number of carbonyl (C=O) groups is 3. The number of nitrogens with one attached hydrogen (secondary N) is 1. The highest BCUT2D eigenvalue weighted by atomic mass is 16.2. The minimum Gasteiger partial charge on any atom is -0.322 e. The number of amides is 3. The van der Waals surface area contributed by atoms with Crippen LogP contribution >= 0.6 is 0 Å². The highest BCUT2D eigenvalue weighted by molar-refractivity contribution is 6.23. The van der Waals surface area contributed by atoms with Gasteiger partial charge in [0.1, 0.15) is 0 Å². The van der Waals surface area contributed by atoms with Crippen LogP contribution in [0.1, 0.15) is 22.3 Å². The van der Waals surface area contributed by atoms with Gasteiger partial charge in [-0.1, -0.05) is 35.9 Å². The van der Waals surface area contributed by atoms with Gasteiger partial charge >= 0.3 is 0 Å². The first kappa shape index (κ1) is 17.6. The molecular weight excluding hydrogens is 376 g/mol. The van der Waals surface area contributed by atoms with Crippen molar-refractivity contribution in [2.45, 2.75) is 13.3 Å². The normalized spacial score (nSPS) is 32.8. The molecule has 0 spiro atoms. The van der Waals surface area contributed by atoms with E-state index in [0.29, 0.717) is 28.8 Å². The topological polar surface area (TPSA) is 66.5 Å². The summed E-state index contributed by atoms with van der Waals surface area (Å²) in [5.74, 6) is 0.590. The maximum absolute atomic E-state index is 13.3. The van der Waals surface area contributed by atoms with Crippen molar-refractivity contribution < 1.29 is 14.4 Å². The standard InChI is InChI=1S/C25H22N2O3/c1-13-5-7-15(8-6-13)26-23(28)14-3-2-4-16(11-14)27-24(29)21-17-9-10-18(20-12-19(17)20)22(21)25(27)30/h2-11,17-22H,12H2,1H3,(H,26,28)/t17-,18-,19-,20-,21-,22+/m1/s1. The van der Waals surface area contributed by atoms with Crippen LogP contribution in [0, 0.1) is 42.4 Å². The number of aryl methyl sites for hydroxylation is 1. The van der Waals surface area contributed by atoms with E-state index >= 15 is 0 Å². The molecule has 0 unspecified atom stereocenters. The Balaban J connectivity index is 1.28. The maximum atomic E-state index is 13.3. The second-order valence-electron chi connectivity index (χ2n) is 9.04. The minimum absolute atomic E-state index is 0.106. The van der Waals surface area contributed by atoms with Gasteiger partial charge in [0.2, 0.25) is 11.8 Å². The van der Waals surface area contributed by atoms with Gasteiger partial charge in [-0.15, -0.1) is 0 Å². The third-order valence-electron chi connectivity index (χ3n) is 7.34. The Morgan fingerprint density at radius 1 is 0.933 bits per heavy atom. The van der Waals surface area contributed by atoms with E-state index in [4.69, 9.17) is 0 Å². The summed E-state index contributed by atoms with van der Waals surface area (Å²) in [6.07, 6.45) is 5.48. The number of hydrogen-bond donors (Lipinski definition) is 1. The third kappa shape index (κ3) is 2.44. The first-order valence-corrected chi connectivity index (χ1v) is 10.6. The summed E-state index contributed by atoms with van der Waals surface area (Å²) in [6, 6.07) is 14.4. The molecule has 0 aromatic heterocycles. The molecule has 2 bridgehead atoms. The lowest BCUT2D eigenvalue weighted by atomic mass is 9.63. The van der Waals surface area contributed by atoms with Gasteiger partial charge in [-0.2, -0.15) is 0 Å². The fourth-order valence-corrected chi connectivity index (χ4v) is 5.84. The van der Waals surface area contributed by atoms with E-state index in [-0.39, 0.29) is 41.4 Å². The summed E-state index contributed by atoms with van der Waals surface area (Å²) in [6.45, 7) is 1.99. The van der Waals surface area contributed by atoms with Crippen molar-refractivity contribution in [3.63, 3.8) is 0 Å². The molecule has 2 aromatic carbocycles. The molecule has 3 amide bonds. The summed E-state index contributed by atoms with van der Waals surface area (Å²) in [5, 5.41) is 2.87. The largest absolute Gasteiger partial charge is 0.322 e. The van der Waals surface area contributed by atoms with Crippen molar-refractivity contribution in [3.05, 3.63) is 71.8 Å². The average molecular weight is 398 g/mol. The van der Waals surface area contributed by atoms with Gasteiger partial charge in [0, 0.05) is 11.3 Å². The third-order valence-corrected chi connectivity index (χ3v) is 7.34. The Hall–Kier alpha value is -3.21. The monoisotopic (exact) mass is 398 g/mol. The Morgan fingerprint density at radius 3 is 2.20 bits per heavy atom. The Kier molecular flexibility index (Phi) is 3.61. The molecule has 30 heavy (non-hydrogen) atoms. The molecule has 5 heteroatoms. The van der Waals surface area contributed by atoms with Crippen LogP contribution < -0.4 is 10.2 Å². The molecule has 1 heterocycles. The van der Waals surface area contributed by atoms with Crippen LogP contribution in [0.2, 0.25) is 0 Å². The zero-order chi connectivity index (χ0) is 20.6. The van der Waals surface area contributed by atoms with Crippen LogP contribution in [0.4, 0.5) is 11.4 Å². The summed E-state index contributed by atoms with van der Waals surface area (Å²) in [4.78, 5) is 40.6. The molecule has 2 saturated carbocycles. The van der Waals surface area contributed by atoms with Crippen LogP contribution in [0.25, 0.3) is 0 Å². The molecule has 5 aliphatic rings. The van der Waals surface area contributed by atoms with Gasteiger partial charge in [0.05, 0.1) is 17.5 Å². The first-order valence-electron chi connectivity index (χ1n) is 10.6. The van der Waals surface area contributed by atoms with Crippen LogP contribution in [0.5, 0.6) is 0 Å². The zero-order valence-electron chi connectivity index (χ0n) is 16.6. The van der Waals surface area contributed by atoms with E-state index < -0.39 is 0 Å². The van der Waals surface area contributed by atoms with Crippen LogP contribution in [0.3, 0.4) is 0 Å². The summed E-state index contributed by atoms with van der Waals surface area (Å²) >= 11 is 0. The molecule has 3 fully saturated rings. The van der Waals surface area contributed by atoms with Crippen LogP contribution in [0.15, 0.2) is 60.7 Å². The van der Waals surface area contributed by atoms with Gasteiger partial charge in [-0.3, -0.25) is 14.4 Å². The molecule has 1 saturated heterocycles. The van der Waals surface area contributed by atoms with Crippen molar-refractivity contribution in [2.75, 3.05) is 10.2 Å². The fourth-order valence-electron chi connectivity index (χ4n) is 5.84. The maximum Gasteiger partial charge on any atom is 0.255 e. The Bertz CT molecular complexity index is 1080. The Morgan fingerprint density at radius 2 is 1.57 bits per heavy atom. The molecule has 1 N–H and O–H groups in total. The van der Waals surface area contributed by atoms with Crippen molar-refractivity contribution in [1.29, 1.82) is 0 Å². The van der Waals surface area contributed by atoms with Crippen molar-refractivity contribution in [2.24, 2.45) is 35.5 Å². The number of imide groups is 1. The van der Waals surface area contributed by atoms with E-state index in [9.17, 15) is 14.4 Å². The van der Waals surface area contributed by atoms with Gasteiger partial charge in [0.25, 0.3) is 5.91 Å². The van der Waals surface area contributed by atoms with Crippen molar-refractivity contribution in [1.82, 2.24) is 0 Å². The number of hydrogen-bond acceptors (Lipinski definition) is 3. The zero-order valence-corrected chi connectivity index (χ0v) is 16.6. The second kappa shape index (κ2) is 6.14. The molecule has 7 rings (SSSR count). The molecule has 1 aliphatic heterocycles. The second-order valence-corrected chi connectivity index (χ2v) is 9.04. The van der Waals surface area contributed by atoms with E-state index in [1.807, 2.05) is 31.2 Å². The number of allylic oxidation sites excluding steroid dienone is 2. The first-order chi connectivity index (χ1) is 14.5. The lowest BCUT2D eigenvalue weighted by molar-refractivity contribution is -0.124.